The van der Waals surface area contributed by atoms with Crippen LogP contribution in [0.2, 0.25) is 5.02 Å². The van der Waals surface area contributed by atoms with Gasteiger partial charge in [0.25, 0.3) is 0 Å². The molecule has 0 aromatic heterocycles. The number of thiocarbonyl (C=S) groups is 1. The van der Waals surface area contributed by atoms with Gasteiger partial charge in [-0.15, -0.1) is 0 Å². The molecule has 0 amide bonds. The molecule has 3 unspecified atom stereocenters. The summed E-state index contributed by atoms with van der Waals surface area (Å²) in [5.74, 6) is -0.284. The summed E-state index contributed by atoms with van der Waals surface area (Å²) in [6, 6.07) is 7.10. The molecule has 0 radical (unpaired) electrons. The second-order valence-electron chi connectivity index (χ2n) is 5.32. The van der Waals surface area contributed by atoms with Crippen molar-refractivity contribution in [3.05, 3.63) is 34.9 Å². The first-order chi connectivity index (χ1) is 9.75. The van der Waals surface area contributed by atoms with E-state index in [0.29, 0.717) is 11.6 Å². The Bertz CT molecular complexity index is 645. The molecule has 1 saturated carbocycles. The average Bonchev–Trinajstić information content (AvgIpc) is 3.08. The summed E-state index contributed by atoms with van der Waals surface area (Å²) in [6.45, 7) is 2.54. The van der Waals surface area contributed by atoms with E-state index in [-0.39, 0.29) is 17.5 Å². The summed E-state index contributed by atoms with van der Waals surface area (Å²) in [4.78, 5) is 0.186. The van der Waals surface area contributed by atoms with E-state index < -0.39 is 20.5 Å². The summed E-state index contributed by atoms with van der Waals surface area (Å²) in [5, 5.41) is -0.0451. The Labute approximate surface area is 135 Å². The molecule has 1 aliphatic rings. The molecular formula is C14H18ClNO3S2. The molecule has 1 aliphatic carbocycles. The SMILES string of the molecule is CCOCC1(C(N)=S)C(c2ccc(Cl)cc2)C1S(C)(=O)=O. The highest BCUT2D eigenvalue weighted by Gasteiger charge is 2.71. The second kappa shape index (κ2) is 5.83. The summed E-state index contributed by atoms with van der Waals surface area (Å²) in [5.41, 5.74) is 5.92. The third-order valence-corrected chi connectivity index (χ3v) is 6.20. The third kappa shape index (κ3) is 2.95. The lowest BCUT2D eigenvalue weighted by Gasteiger charge is -2.16. The zero-order valence-electron chi connectivity index (χ0n) is 11.9. The van der Waals surface area contributed by atoms with Gasteiger partial charge in [-0.25, -0.2) is 8.42 Å². The Morgan fingerprint density at radius 3 is 2.43 bits per heavy atom. The first kappa shape index (κ1) is 16.7. The molecule has 1 aromatic carbocycles. The standard InChI is InChI=1S/C14H18ClNO3S2/c1-3-19-8-14(13(16)20)11(12(14)21(2,17)18)9-4-6-10(15)7-5-9/h4-7,11-12H,3,8H2,1-2H3,(H2,16,20). The summed E-state index contributed by atoms with van der Waals surface area (Å²) >= 11 is 11.1. The van der Waals surface area contributed by atoms with Gasteiger partial charge >= 0.3 is 0 Å². The zero-order valence-corrected chi connectivity index (χ0v) is 14.3. The van der Waals surface area contributed by atoms with E-state index in [0.717, 1.165) is 5.56 Å². The van der Waals surface area contributed by atoms with Gasteiger partial charge < -0.3 is 10.5 Å². The Balaban J connectivity index is 2.46. The van der Waals surface area contributed by atoms with E-state index in [1.807, 2.05) is 19.1 Å². The molecule has 7 heteroatoms. The van der Waals surface area contributed by atoms with Crippen molar-refractivity contribution in [3.8, 4) is 0 Å². The Morgan fingerprint density at radius 1 is 1.43 bits per heavy atom. The van der Waals surface area contributed by atoms with Crippen molar-refractivity contribution in [1.29, 1.82) is 0 Å². The minimum Gasteiger partial charge on any atom is -0.393 e. The van der Waals surface area contributed by atoms with Gasteiger partial charge in [0.15, 0.2) is 9.84 Å². The molecule has 0 aliphatic heterocycles. The Morgan fingerprint density at radius 2 is 2.00 bits per heavy atom. The minimum absolute atomic E-state index is 0.186. The predicted molar refractivity (Wildman–Crippen MR) is 88.5 cm³/mol. The van der Waals surface area contributed by atoms with Crippen LogP contribution in [0.15, 0.2) is 24.3 Å². The van der Waals surface area contributed by atoms with E-state index in [1.165, 1.54) is 6.26 Å². The highest BCUT2D eigenvalue weighted by molar-refractivity contribution is 7.92. The van der Waals surface area contributed by atoms with Crippen LogP contribution < -0.4 is 5.73 Å². The normalized spacial score (nSPS) is 28.3. The molecule has 0 heterocycles. The van der Waals surface area contributed by atoms with Gasteiger partial charge in [-0.05, 0) is 24.6 Å². The second-order valence-corrected chi connectivity index (χ2v) is 8.36. The largest absolute Gasteiger partial charge is 0.393 e. The molecule has 1 aromatic rings. The van der Waals surface area contributed by atoms with E-state index in [4.69, 9.17) is 34.3 Å². The Hall–Kier alpha value is -0.690. The van der Waals surface area contributed by atoms with Gasteiger partial charge in [0.05, 0.1) is 22.3 Å². The smallest absolute Gasteiger partial charge is 0.152 e. The van der Waals surface area contributed by atoms with Gasteiger partial charge in [-0.3, -0.25) is 0 Å². The van der Waals surface area contributed by atoms with Crippen molar-refractivity contribution in [2.24, 2.45) is 11.1 Å². The number of rotatable bonds is 6. The van der Waals surface area contributed by atoms with Crippen LogP contribution in [-0.4, -0.2) is 38.1 Å². The van der Waals surface area contributed by atoms with Gasteiger partial charge in [-0.1, -0.05) is 36.0 Å². The highest BCUT2D eigenvalue weighted by atomic mass is 35.5. The molecule has 4 nitrogen and oxygen atoms in total. The lowest BCUT2D eigenvalue weighted by atomic mass is 10.00. The van der Waals surface area contributed by atoms with Crippen LogP contribution in [0.4, 0.5) is 0 Å². The molecule has 3 atom stereocenters. The van der Waals surface area contributed by atoms with Crippen LogP contribution in [0, 0.1) is 5.41 Å². The number of ether oxygens (including phenoxy) is 1. The number of hydrogen-bond donors (Lipinski definition) is 1. The van der Waals surface area contributed by atoms with Crippen LogP contribution in [0.3, 0.4) is 0 Å². The fourth-order valence-electron chi connectivity index (χ4n) is 2.98. The lowest BCUT2D eigenvalue weighted by molar-refractivity contribution is 0.121. The molecule has 2 N–H and O–H groups in total. The van der Waals surface area contributed by atoms with Gasteiger partial charge in [0, 0.05) is 23.8 Å². The van der Waals surface area contributed by atoms with E-state index in [9.17, 15) is 8.42 Å². The van der Waals surface area contributed by atoms with Crippen molar-refractivity contribution in [3.63, 3.8) is 0 Å². The fraction of sp³-hybridized carbons (Fsp3) is 0.500. The molecule has 21 heavy (non-hydrogen) atoms. The molecule has 0 bridgehead atoms. The van der Waals surface area contributed by atoms with Crippen LogP contribution in [0.1, 0.15) is 18.4 Å². The molecular weight excluding hydrogens is 330 g/mol. The first-order valence-electron chi connectivity index (χ1n) is 6.57. The molecule has 0 saturated heterocycles. The summed E-state index contributed by atoms with van der Waals surface area (Å²) in [6.07, 6.45) is 1.21. The number of halogens is 1. The van der Waals surface area contributed by atoms with Crippen LogP contribution in [0.25, 0.3) is 0 Å². The van der Waals surface area contributed by atoms with Crippen LogP contribution >= 0.6 is 23.8 Å². The van der Waals surface area contributed by atoms with Gasteiger partial charge in [0.1, 0.15) is 0 Å². The Kier molecular flexibility index (Phi) is 4.63. The van der Waals surface area contributed by atoms with Crippen molar-refractivity contribution in [1.82, 2.24) is 0 Å². The summed E-state index contributed by atoms with van der Waals surface area (Å²) in [7, 11) is -3.30. The fourth-order valence-corrected chi connectivity index (χ4v) is 5.42. The number of hydrogen-bond acceptors (Lipinski definition) is 4. The maximum absolute atomic E-state index is 12.1. The van der Waals surface area contributed by atoms with E-state index in [2.05, 4.69) is 0 Å². The van der Waals surface area contributed by atoms with E-state index in [1.54, 1.807) is 12.1 Å². The lowest BCUT2D eigenvalue weighted by Crippen LogP contribution is -2.33. The average molecular weight is 348 g/mol. The quantitative estimate of drug-likeness (QED) is 0.798. The van der Waals surface area contributed by atoms with Gasteiger partial charge in [0.2, 0.25) is 0 Å². The zero-order chi connectivity index (χ0) is 15.8. The maximum Gasteiger partial charge on any atom is 0.152 e. The highest BCUT2D eigenvalue weighted by Crippen LogP contribution is 2.63. The van der Waals surface area contributed by atoms with Gasteiger partial charge in [-0.2, -0.15) is 0 Å². The van der Waals surface area contributed by atoms with Crippen molar-refractivity contribution in [2.45, 2.75) is 18.1 Å². The van der Waals surface area contributed by atoms with Crippen molar-refractivity contribution in [2.75, 3.05) is 19.5 Å². The molecule has 1 fully saturated rings. The minimum atomic E-state index is -3.30. The van der Waals surface area contributed by atoms with Crippen molar-refractivity contribution < 1.29 is 13.2 Å². The van der Waals surface area contributed by atoms with E-state index >= 15 is 0 Å². The maximum atomic E-state index is 12.1. The number of nitrogens with two attached hydrogens (primary N) is 1. The van der Waals surface area contributed by atoms with Crippen LogP contribution in [-0.2, 0) is 14.6 Å². The number of benzene rings is 1. The predicted octanol–water partition coefficient (Wildman–Crippen LogP) is 2.16. The molecule has 116 valence electrons. The molecule has 0 spiro atoms. The third-order valence-electron chi connectivity index (χ3n) is 3.95. The van der Waals surface area contributed by atoms with Crippen molar-refractivity contribution >= 4 is 38.6 Å². The van der Waals surface area contributed by atoms with Crippen LogP contribution in [0.5, 0.6) is 0 Å². The number of sulfone groups is 1. The topological polar surface area (TPSA) is 69.4 Å². The molecule has 2 rings (SSSR count). The summed E-state index contributed by atoms with van der Waals surface area (Å²) < 4.78 is 29.7. The monoisotopic (exact) mass is 347 g/mol. The first-order valence-corrected chi connectivity index (χ1v) is 9.31.